The number of amides is 1. The summed E-state index contributed by atoms with van der Waals surface area (Å²) in [5, 5.41) is 11.8. The van der Waals surface area contributed by atoms with Crippen LogP contribution in [0.1, 0.15) is 21.6 Å². The summed E-state index contributed by atoms with van der Waals surface area (Å²) in [5.41, 5.74) is 2.48. The molecule has 0 atom stereocenters. The molecule has 5 nitrogen and oxygen atoms in total. The number of nitrogens with zero attached hydrogens (tertiary/aromatic N) is 1. The molecule has 0 saturated carbocycles. The van der Waals surface area contributed by atoms with E-state index in [1.54, 1.807) is 12.3 Å². The quantitative estimate of drug-likeness (QED) is 0.851. The maximum Gasteiger partial charge on any atom is 0.352 e. The number of carbonyl (C=O) groups excluding carboxylic acids is 1. The van der Waals surface area contributed by atoms with Crippen molar-refractivity contribution in [2.45, 2.75) is 19.9 Å². The van der Waals surface area contributed by atoms with Crippen molar-refractivity contribution >= 4 is 11.9 Å². The summed E-state index contributed by atoms with van der Waals surface area (Å²) in [6.45, 7) is 2.58. The number of nitrogens with one attached hydrogen (secondary N) is 1. The molecule has 0 radical (unpaired) electrons. The zero-order valence-electron chi connectivity index (χ0n) is 11.9. The zero-order chi connectivity index (χ0) is 15.2. The number of rotatable bonds is 6. The molecule has 0 aliphatic heterocycles. The van der Waals surface area contributed by atoms with Gasteiger partial charge in [0.15, 0.2) is 0 Å². The van der Waals surface area contributed by atoms with E-state index < -0.39 is 5.97 Å². The fraction of sp³-hybridized carbons (Fsp3) is 0.250. The number of carboxylic acid groups (broad SMARTS) is 1. The SMILES string of the molecule is Cc1cccc(CCNC(=O)Cn2cccc2C(=O)O)c1. The van der Waals surface area contributed by atoms with Gasteiger partial charge < -0.3 is 15.0 Å². The lowest BCUT2D eigenvalue weighted by Gasteiger charge is -2.08. The molecule has 1 heterocycles. The van der Waals surface area contributed by atoms with Crippen molar-refractivity contribution in [1.82, 2.24) is 9.88 Å². The fourth-order valence-electron chi connectivity index (χ4n) is 2.17. The van der Waals surface area contributed by atoms with Gasteiger partial charge in [0.25, 0.3) is 0 Å². The van der Waals surface area contributed by atoms with Crippen molar-refractivity contribution in [3.05, 3.63) is 59.4 Å². The van der Waals surface area contributed by atoms with Gasteiger partial charge in [0.1, 0.15) is 12.2 Å². The lowest BCUT2D eigenvalue weighted by molar-refractivity contribution is -0.121. The van der Waals surface area contributed by atoms with Gasteiger partial charge in [0.05, 0.1) is 0 Å². The molecule has 0 aliphatic carbocycles. The lowest BCUT2D eigenvalue weighted by Crippen LogP contribution is -2.30. The summed E-state index contributed by atoms with van der Waals surface area (Å²) in [4.78, 5) is 22.8. The second-order valence-corrected chi connectivity index (χ2v) is 4.92. The molecule has 21 heavy (non-hydrogen) atoms. The summed E-state index contributed by atoms with van der Waals surface area (Å²) in [7, 11) is 0. The standard InChI is InChI=1S/C16H18N2O3/c1-12-4-2-5-13(10-12)7-8-17-15(19)11-18-9-3-6-14(18)16(20)21/h2-6,9-10H,7-8,11H2,1H3,(H,17,19)(H,20,21). The minimum Gasteiger partial charge on any atom is -0.477 e. The Morgan fingerprint density at radius 2 is 2.05 bits per heavy atom. The minimum atomic E-state index is -1.03. The van der Waals surface area contributed by atoms with Gasteiger partial charge in [-0.25, -0.2) is 4.79 Å². The Morgan fingerprint density at radius 1 is 1.24 bits per heavy atom. The summed E-state index contributed by atoms with van der Waals surface area (Å²) in [6, 6.07) is 11.2. The van der Waals surface area contributed by atoms with E-state index in [9.17, 15) is 9.59 Å². The van der Waals surface area contributed by atoms with Crippen LogP contribution in [0.3, 0.4) is 0 Å². The van der Waals surface area contributed by atoms with E-state index in [-0.39, 0.29) is 18.1 Å². The molecule has 0 spiro atoms. The van der Waals surface area contributed by atoms with Crippen molar-refractivity contribution in [2.24, 2.45) is 0 Å². The molecule has 0 aliphatic rings. The molecule has 5 heteroatoms. The number of aromatic nitrogens is 1. The predicted octanol–water partition coefficient (Wildman–Crippen LogP) is 1.85. The number of benzene rings is 1. The van der Waals surface area contributed by atoms with Crippen molar-refractivity contribution < 1.29 is 14.7 Å². The summed E-state index contributed by atoms with van der Waals surface area (Å²) in [6.07, 6.45) is 2.34. The number of hydrogen-bond acceptors (Lipinski definition) is 2. The topological polar surface area (TPSA) is 71.3 Å². The van der Waals surface area contributed by atoms with Crippen molar-refractivity contribution in [1.29, 1.82) is 0 Å². The van der Waals surface area contributed by atoms with E-state index in [2.05, 4.69) is 11.4 Å². The van der Waals surface area contributed by atoms with Crippen LogP contribution in [-0.2, 0) is 17.8 Å². The number of carbonyl (C=O) groups is 2. The van der Waals surface area contributed by atoms with Crippen LogP contribution in [-0.4, -0.2) is 28.1 Å². The normalized spacial score (nSPS) is 10.3. The Bertz CT molecular complexity index is 646. The number of aromatic carboxylic acids is 1. The largest absolute Gasteiger partial charge is 0.477 e. The third kappa shape index (κ3) is 4.21. The highest BCUT2D eigenvalue weighted by molar-refractivity contribution is 5.86. The van der Waals surface area contributed by atoms with Gasteiger partial charge in [-0.15, -0.1) is 0 Å². The molecule has 1 amide bonds. The maximum atomic E-state index is 11.8. The minimum absolute atomic E-state index is 0.0163. The Morgan fingerprint density at radius 3 is 2.76 bits per heavy atom. The first-order chi connectivity index (χ1) is 10.1. The van der Waals surface area contributed by atoms with Crippen LogP contribution in [0.15, 0.2) is 42.6 Å². The molecule has 0 saturated heterocycles. The first-order valence-corrected chi connectivity index (χ1v) is 6.77. The highest BCUT2D eigenvalue weighted by Crippen LogP contribution is 2.04. The zero-order valence-corrected chi connectivity index (χ0v) is 11.9. The number of hydrogen-bond donors (Lipinski definition) is 2. The molecule has 110 valence electrons. The van der Waals surface area contributed by atoms with Crippen LogP contribution < -0.4 is 5.32 Å². The molecule has 0 unspecified atom stereocenters. The van der Waals surface area contributed by atoms with E-state index in [1.165, 1.54) is 21.8 Å². The van der Waals surface area contributed by atoms with Crippen LogP contribution in [0.5, 0.6) is 0 Å². The van der Waals surface area contributed by atoms with Crippen molar-refractivity contribution in [3.8, 4) is 0 Å². The monoisotopic (exact) mass is 286 g/mol. The van der Waals surface area contributed by atoms with E-state index in [0.717, 1.165) is 6.42 Å². The van der Waals surface area contributed by atoms with Crippen molar-refractivity contribution in [3.63, 3.8) is 0 Å². The molecule has 1 aromatic heterocycles. The third-order valence-electron chi connectivity index (χ3n) is 3.18. The van der Waals surface area contributed by atoms with Gasteiger partial charge in [0.2, 0.25) is 5.91 Å². The molecular weight excluding hydrogens is 268 g/mol. The van der Waals surface area contributed by atoms with Gasteiger partial charge in [-0.05, 0) is 31.0 Å². The molecule has 2 rings (SSSR count). The Hall–Kier alpha value is -2.56. The Balaban J connectivity index is 1.82. The van der Waals surface area contributed by atoms with Crippen LogP contribution >= 0.6 is 0 Å². The number of aryl methyl sites for hydroxylation is 1. The smallest absolute Gasteiger partial charge is 0.352 e. The summed E-state index contributed by atoms with van der Waals surface area (Å²) in [5.74, 6) is -1.23. The van der Waals surface area contributed by atoms with Gasteiger partial charge in [0, 0.05) is 12.7 Å². The van der Waals surface area contributed by atoms with Gasteiger partial charge in [-0.2, -0.15) is 0 Å². The fourth-order valence-corrected chi connectivity index (χ4v) is 2.17. The first-order valence-electron chi connectivity index (χ1n) is 6.77. The molecule has 0 bridgehead atoms. The predicted molar refractivity (Wildman–Crippen MR) is 79.3 cm³/mol. The van der Waals surface area contributed by atoms with E-state index in [4.69, 9.17) is 5.11 Å². The molecular formula is C16H18N2O3. The third-order valence-corrected chi connectivity index (χ3v) is 3.18. The molecule has 0 fully saturated rings. The summed E-state index contributed by atoms with van der Waals surface area (Å²) >= 11 is 0. The van der Waals surface area contributed by atoms with E-state index in [0.29, 0.717) is 6.54 Å². The Labute approximate surface area is 123 Å². The van der Waals surface area contributed by atoms with E-state index in [1.807, 2.05) is 25.1 Å². The average molecular weight is 286 g/mol. The van der Waals surface area contributed by atoms with E-state index >= 15 is 0 Å². The lowest BCUT2D eigenvalue weighted by atomic mass is 10.1. The van der Waals surface area contributed by atoms with Gasteiger partial charge in [-0.1, -0.05) is 29.8 Å². The van der Waals surface area contributed by atoms with Crippen LogP contribution in [0.4, 0.5) is 0 Å². The second kappa shape index (κ2) is 6.74. The highest BCUT2D eigenvalue weighted by Gasteiger charge is 2.11. The van der Waals surface area contributed by atoms with Gasteiger partial charge in [-0.3, -0.25) is 4.79 Å². The molecule has 2 aromatic rings. The van der Waals surface area contributed by atoms with Crippen LogP contribution in [0, 0.1) is 6.92 Å². The first kappa shape index (κ1) is 14.8. The average Bonchev–Trinajstić information content (AvgIpc) is 2.87. The summed E-state index contributed by atoms with van der Waals surface area (Å²) < 4.78 is 1.42. The van der Waals surface area contributed by atoms with Crippen LogP contribution in [0.2, 0.25) is 0 Å². The second-order valence-electron chi connectivity index (χ2n) is 4.92. The van der Waals surface area contributed by atoms with Crippen LogP contribution in [0.25, 0.3) is 0 Å². The highest BCUT2D eigenvalue weighted by atomic mass is 16.4. The molecule has 2 N–H and O–H groups in total. The Kier molecular flexibility index (Phi) is 4.77. The van der Waals surface area contributed by atoms with Crippen molar-refractivity contribution in [2.75, 3.05) is 6.54 Å². The molecule has 1 aromatic carbocycles. The maximum absolute atomic E-state index is 11.8. The number of carboxylic acids is 1. The van der Waals surface area contributed by atoms with Gasteiger partial charge >= 0.3 is 5.97 Å².